The van der Waals surface area contributed by atoms with E-state index < -0.39 is 23.5 Å². The molecule has 0 radical (unpaired) electrons. The minimum atomic E-state index is -0.818. The molecule has 3 amide bonds. The largest absolute Gasteiger partial charge is 0.444 e. The topological polar surface area (TPSA) is 102 Å². The molecule has 1 aromatic carbocycles. The van der Waals surface area contributed by atoms with Crippen LogP contribution >= 0.6 is 0 Å². The van der Waals surface area contributed by atoms with Crippen LogP contribution in [0.15, 0.2) is 30.3 Å². The Morgan fingerprint density at radius 2 is 1.74 bits per heavy atom. The Balaban J connectivity index is 2.60. The Hall–Kier alpha value is -2.41. The lowest BCUT2D eigenvalue weighted by atomic mass is 10.2. The van der Waals surface area contributed by atoms with Crippen molar-refractivity contribution in [3.8, 4) is 0 Å². The van der Waals surface area contributed by atoms with Crippen LogP contribution in [-0.2, 0) is 20.9 Å². The highest BCUT2D eigenvalue weighted by Gasteiger charge is 2.20. The van der Waals surface area contributed by atoms with Gasteiger partial charge in [-0.25, -0.2) is 4.79 Å². The zero-order chi connectivity index (χ0) is 17.5. The molecule has 0 aliphatic carbocycles. The summed E-state index contributed by atoms with van der Waals surface area (Å²) in [7, 11) is 0. The summed E-state index contributed by atoms with van der Waals surface area (Å²) in [5.74, 6) is -1.11. The number of carbonyl (C=O) groups is 3. The molecule has 3 N–H and O–H groups in total. The molecule has 0 unspecified atom stereocenters. The maximum absolute atomic E-state index is 11.9. The van der Waals surface area contributed by atoms with Crippen LogP contribution in [0.2, 0.25) is 0 Å². The number of carbonyl (C=O) groups excluding carboxylic acids is 3. The van der Waals surface area contributed by atoms with E-state index in [0.29, 0.717) is 6.54 Å². The third-order valence-electron chi connectivity index (χ3n) is 2.64. The van der Waals surface area contributed by atoms with Crippen molar-refractivity contribution in [2.24, 2.45) is 5.73 Å². The molecule has 0 spiro atoms. The van der Waals surface area contributed by atoms with Crippen LogP contribution in [0.25, 0.3) is 0 Å². The van der Waals surface area contributed by atoms with Gasteiger partial charge < -0.3 is 10.5 Å². The van der Waals surface area contributed by atoms with Crippen molar-refractivity contribution in [1.29, 1.82) is 0 Å². The normalized spacial score (nSPS) is 11.1. The van der Waals surface area contributed by atoms with E-state index in [9.17, 15) is 14.4 Å². The van der Waals surface area contributed by atoms with Gasteiger partial charge in [-0.05, 0) is 26.3 Å². The monoisotopic (exact) mass is 321 g/mol. The minimum Gasteiger partial charge on any atom is -0.444 e. The minimum absolute atomic E-state index is 0.0867. The number of nitrogens with zero attached hydrogens (tertiary/aromatic N) is 1. The summed E-state index contributed by atoms with van der Waals surface area (Å²) < 4.78 is 5.01. The van der Waals surface area contributed by atoms with Gasteiger partial charge in [-0.2, -0.15) is 0 Å². The van der Waals surface area contributed by atoms with Gasteiger partial charge in [-0.1, -0.05) is 30.3 Å². The number of nitrogens with one attached hydrogen (secondary N) is 1. The molecule has 0 heterocycles. The van der Waals surface area contributed by atoms with Gasteiger partial charge in [0.25, 0.3) is 0 Å². The van der Waals surface area contributed by atoms with Crippen LogP contribution in [0.1, 0.15) is 26.3 Å². The molecular weight excluding hydrogens is 298 g/mol. The highest BCUT2D eigenvalue weighted by molar-refractivity contribution is 5.93. The first kappa shape index (κ1) is 18.6. The SMILES string of the molecule is CC(C)(C)OC(=O)NC(=O)CN(CC(N)=O)Cc1ccccc1. The zero-order valence-electron chi connectivity index (χ0n) is 13.7. The molecule has 23 heavy (non-hydrogen) atoms. The predicted octanol–water partition coefficient (Wildman–Crippen LogP) is 1.03. The second-order valence-corrected chi connectivity index (χ2v) is 6.15. The van der Waals surface area contributed by atoms with Crippen LogP contribution in [0.4, 0.5) is 4.79 Å². The Morgan fingerprint density at radius 1 is 1.13 bits per heavy atom. The smallest absolute Gasteiger partial charge is 0.414 e. The van der Waals surface area contributed by atoms with Crippen molar-refractivity contribution in [1.82, 2.24) is 10.2 Å². The van der Waals surface area contributed by atoms with Crippen molar-refractivity contribution in [2.75, 3.05) is 13.1 Å². The fourth-order valence-corrected chi connectivity index (χ4v) is 1.89. The van der Waals surface area contributed by atoms with E-state index in [-0.39, 0.29) is 13.1 Å². The summed E-state index contributed by atoms with van der Waals surface area (Å²) in [5, 5.41) is 2.13. The number of primary amides is 1. The van der Waals surface area contributed by atoms with Gasteiger partial charge in [0.05, 0.1) is 13.1 Å². The lowest BCUT2D eigenvalue weighted by Gasteiger charge is -2.22. The van der Waals surface area contributed by atoms with Crippen molar-refractivity contribution >= 4 is 17.9 Å². The van der Waals surface area contributed by atoms with Crippen molar-refractivity contribution in [2.45, 2.75) is 32.9 Å². The van der Waals surface area contributed by atoms with Gasteiger partial charge in [0.1, 0.15) is 5.60 Å². The van der Waals surface area contributed by atoms with Crippen LogP contribution in [0.3, 0.4) is 0 Å². The van der Waals surface area contributed by atoms with E-state index in [0.717, 1.165) is 5.56 Å². The second-order valence-electron chi connectivity index (χ2n) is 6.15. The third-order valence-corrected chi connectivity index (χ3v) is 2.64. The molecule has 0 bridgehead atoms. The highest BCUT2D eigenvalue weighted by atomic mass is 16.6. The van der Waals surface area contributed by atoms with Gasteiger partial charge in [0.15, 0.2) is 0 Å². The fourth-order valence-electron chi connectivity index (χ4n) is 1.89. The molecular formula is C16H23N3O4. The van der Waals surface area contributed by atoms with E-state index in [1.807, 2.05) is 30.3 Å². The average Bonchev–Trinajstić information content (AvgIpc) is 2.36. The molecule has 126 valence electrons. The summed E-state index contributed by atoms with van der Waals surface area (Å²) in [5.41, 5.74) is 5.44. The van der Waals surface area contributed by atoms with Gasteiger partial charge in [0.2, 0.25) is 11.8 Å². The lowest BCUT2D eigenvalue weighted by molar-refractivity contribution is -0.123. The van der Waals surface area contributed by atoms with Gasteiger partial charge in [-0.15, -0.1) is 0 Å². The maximum atomic E-state index is 11.9. The van der Waals surface area contributed by atoms with E-state index in [4.69, 9.17) is 10.5 Å². The molecule has 0 aliphatic rings. The zero-order valence-corrected chi connectivity index (χ0v) is 13.7. The number of hydrogen-bond donors (Lipinski definition) is 2. The van der Waals surface area contributed by atoms with Crippen molar-refractivity contribution in [3.05, 3.63) is 35.9 Å². The summed E-state index contributed by atoms with van der Waals surface area (Å²) >= 11 is 0. The quantitative estimate of drug-likeness (QED) is 0.814. The number of imide groups is 1. The standard InChI is InChI=1S/C16H23N3O4/c1-16(2,3)23-15(22)18-14(21)11-19(10-13(17)20)9-12-7-5-4-6-8-12/h4-8H,9-11H2,1-3H3,(H2,17,20)(H,18,21,22). The number of ether oxygens (including phenoxy) is 1. The Bertz CT molecular complexity index is 552. The molecule has 0 atom stereocenters. The van der Waals surface area contributed by atoms with E-state index in [1.54, 1.807) is 25.7 Å². The fraction of sp³-hybridized carbons (Fsp3) is 0.438. The van der Waals surface area contributed by atoms with Crippen molar-refractivity contribution < 1.29 is 19.1 Å². The van der Waals surface area contributed by atoms with Gasteiger partial charge in [-0.3, -0.25) is 19.8 Å². The highest BCUT2D eigenvalue weighted by Crippen LogP contribution is 2.07. The van der Waals surface area contributed by atoms with E-state index in [1.165, 1.54) is 0 Å². The molecule has 7 nitrogen and oxygen atoms in total. The number of rotatable bonds is 6. The van der Waals surface area contributed by atoms with Crippen LogP contribution in [-0.4, -0.2) is 41.5 Å². The molecule has 0 aromatic heterocycles. The first-order valence-corrected chi connectivity index (χ1v) is 7.23. The molecule has 1 aromatic rings. The first-order valence-electron chi connectivity index (χ1n) is 7.23. The lowest BCUT2D eigenvalue weighted by Crippen LogP contribution is -2.44. The summed E-state index contributed by atoms with van der Waals surface area (Å²) in [6.45, 7) is 5.24. The second kappa shape index (κ2) is 8.28. The molecule has 7 heteroatoms. The predicted molar refractivity (Wildman–Crippen MR) is 85.3 cm³/mol. The Labute approximate surface area is 135 Å². The average molecular weight is 321 g/mol. The van der Waals surface area contributed by atoms with Crippen LogP contribution < -0.4 is 11.1 Å². The number of nitrogens with two attached hydrogens (primary N) is 1. The van der Waals surface area contributed by atoms with Crippen molar-refractivity contribution in [3.63, 3.8) is 0 Å². The molecule has 0 saturated heterocycles. The molecule has 0 aliphatic heterocycles. The number of benzene rings is 1. The third kappa shape index (κ3) is 8.57. The maximum Gasteiger partial charge on any atom is 0.414 e. The molecule has 1 rings (SSSR count). The molecule has 0 saturated carbocycles. The van der Waals surface area contributed by atoms with Gasteiger partial charge in [0, 0.05) is 6.54 Å². The number of hydrogen-bond acceptors (Lipinski definition) is 5. The Kier molecular flexibility index (Phi) is 6.71. The van der Waals surface area contributed by atoms with E-state index in [2.05, 4.69) is 5.32 Å². The Morgan fingerprint density at radius 3 is 2.26 bits per heavy atom. The van der Waals surface area contributed by atoms with Crippen LogP contribution in [0.5, 0.6) is 0 Å². The first-order chi connectivity index (χ1) is 10.7. The summed E-state index contributed by atoms with van der Waals surface area (Å²) in [4.78, 5) is 36.2. The number of alkyl carbamates (subject to hydrolysis) is 1. The summed E-state index contributed by atoms with van der Waals surface area (Å²) in [6.07, 6.45) is -0.818. The number of amides is 3. The van der Waals surface area contributed by atoms with E-state index >= 15 is 0 Å². The molecule has 0 fully saturated rings. The van der Waals surface area contributed by atoms with Crippen LogP contribution in [0, 0.1) is 0 Å². The van der Waals surface area contributed by atoms with Gasteiger partial charge >= 0.3 is 6.09 Å². The summed E-state index contributed by atoms with van der Waals surface area (Å²) in [6, 6.07) is 9.34.